The maximum absolute atomic E-state index is 8.79. The number of aliphatic hydroxyl groups excluding tert-OH is 2. The highest BCUT2D eigenvalue weighted by Gasteiger charge is 2.07. The Kier molecular flexibility index (Phi) is 3.24. The minimum absolute atomic E-state index is 0.396. The molecule has 4 heteroatoms. The normalized spacial score (nSPS) is 10.4. The van der Waals surface area contributed by atoms with Crippen molar-refractivity contribution >= 4 is 10.8 Å². The first-order valence-electron chi connectivity index (χ1n) is 4.86. The molecular formula is C12H12O4. The van der Waals surface area contributed by atoms with E-state index in [1.807, 2.05) is 24.3 Å². The van der Waals surface area contributed by atoms with E-state index >= 15 is 0 Å². The number of benzene rings is 2. The van der Waals surface area contributed by atoms with Crippen LogP contribution in [0.1, 0.15) is 0 Å². The molecule has 2 aromatic carbocycles. The van der Waals surface area contributed by atoms with E-state index in [1.54, 1.807) is 12.1 Å². The van der Waals surface area contributed by atoms with Gasteiger partial charge >= 0.3 is 0 Å². The molecule has 0 aliphatic heterocycles. The molecule has 0 amide bonds. The predicted octanol–water partition coefficient (Wildman–Crippen LogP) is 1.50. The van der Waals surface area contributed by atoms with Crippen molar-refractivity contribution in [3.63, 3.8) is 0 Å². The molecule has 0 fully saturated rings. The number of fused-ring (bicyclic) bond motifs is 1. The van der Waals surface area contributed by atoms with Gasteiger partial charge in [0, 0.05) is 0 Å². The fourth-order valence-corrected chi connectivity index (χ4v) is 1.65. The predicted molar refractivity (Wildman–Crippen MR) is 59.4 cm³/mol. The van der Waals surface area contributed by atoms with Gasteiger partial charge in [-0.15, -0.1) is 0 Å². The second-order valence-electron chi connectivity index (χ2n) is 3.16. The van der Waals surface area contributed by atoms with Gasteiger partial charge in [-0.05, 0) is 17.5 Å². The summed E-state index contributed by atoms with van der Waals surface area (Å²) in [5, 5.41) is 19.2. The number of rotatable bonds is 4. The Balaban J connectivity index is 2.61. The van der Waals surface area contributed by atoms with Crippen LogP contribution in [0, 0.1) is 0 Å². The number of aliphatic hydroxyl groups is 2. The first-order chi connectivity index (χ1) is 7.86. The maximum atomic E-state index is 8.79. The summed E-state index contributed by atoms with van der Waals surface area (Å²) < 4.78 is 10.2. The lowest BCUT2D eigenvalue weighted by Crippen LogP contribution is -1.99. The summed E-state index contributed by atoms with van der Waals surface area (Å²) in [4.78, 5) is 0. The van der Waals surface area contributed by atoms with Crippen molar-refractivity contribution in [2.45, 2.75) is 0 Å². The van der Waals surface area contributed by atoms with E-state index in [9.17, 15) is 0 Å². The summed E-state index contributed by atoms with van der Waals surface area (Å²) in [5.74, 6) is 1.06. The van der Waals surface area contributed by atoms with Crippen molar-refractivity contribution < 1.29 is 19.7 Å². The molecule has 0 atom stereocenters. The monoisotopic (exact) mass is 220 g/mol. The zero-order chi connectivity index (χ0) is 11.4. The average Bonchev–Trinajstić information content (AvgIpc) is 2.30. The third-order valence-corrected chi connectivity index (χ3v) is 2.27. The second-order valence-corrected chi connectivity index (χ2v) is 3.16. The molecule has 0 radical (unpaired) electrons. The van der Waals surface area contributed by atoms with Crippen LogP contribution in [0.5, 0.6) is 11.5 Å². The SMILES string of the molecule is OCOc1cccc2cccc(OCO)c12. The van der Waals surface area contributed by atoms with Crippen LogP contribution in [0.15, 0.2) is 36.4 Å². The Morgan fingerprint density at radius 2 is 1.31 bits per heavy atom. The first kappa shape index (κ1) is 10.7. The fraction of sp³-hybridized carbons (Fsp3) is 0.167. The van der Waals surface area contributed by atoms with Gasteiger partial charge in [-0.2, -0.15) is 0 Å². The van der Waals surface area contributed by atoms with Crippen LogP contribution >= 0.6 is 0 Å². The molecule has 0 saturated carbocycles. The van der Waals surface area contributed by atoms with Gasteiger partial charge in [0.25, 0.3) is 0 Å². The standard InChI is InChI=1S/C12H12O4/c13-7-15-10-5-1-3-9-4-2-6-11(12(9)10)16-8-14/h1-6,13-14H,7-8H2. The van der Waals surface area contributed by atoms with Crippen LogP contribution in [-0.2, 0) is 0 Å². The van der Waals surface area contributed by atoms with E-state index in [-0.39, 0.29) is 0 Å². The van der Waals surface area contributed by atoms with Crippen molar-refractivity contribution in [3.8, 4) is 11.5 Å². The molecule has 0 aliphatic rings. The molecule has 16 heavy (non-hydrogen) atoms. The van der Waals surface area contributed by atoms with E-state index < -0.39 is 13.6 Å². The molecule has 2 aromatic rings. The van der Waals surface area contributed by atoms with Crippen molar-refractivity contribution in [2.75, 3.05) is 13.6 Å². The summed E-state index contributed by atoms with van der Waals surface area (Å²) in [6.07, 6.45) is 0. The summed E-state index contributed by atoms with van der Waals surface area (Å²) in [6.45, 7) is -0.793. The second kappa shape index (κ2) is 4.83. The van der Waals surface area contributed by atoms with Crippen LogP contribution in [0.4, 0.5) is 0 Å². The zero-order valence-electron chi connectivity index (χ0n) is 8.59. The molecule has 0 aliphatic carbocycles. The lowest BCUT2D eigenvalue weighted by molar-refractivity contribution is 0.0954. The van der Waals surface area contributed by atoms with E-state index in [1.165, 1.54) is 0 Å². The van der Waals surface area contributed by atoms with Crippen molar-refractivity contribution in [1.29, 1.82) is 0 Å². The van der Waals surface area contributed by atoms with E-state index in [0.717, 1.165) is 10.8 Å². The minimum Gasteiger partial charge on any atom is -0.467 e. The zero-order valence-corrected chi connectivity index (χ0v) is 8.59. The van der Waals surface area contributed by atoms with Gasteiger partial charge in [0.05, 0.1) is 5.39 Å². The molecule has 84 valence electrons. The fourth-order valence-electron chi connectivity index (χ4n) is 1.65. The van der Waals surface area contributed by atoms with E-state index in [2.05, 4.69) is 0 Å². The van der Waals surface area contributed by atoms with Gasteiger partial charge in [-0.25, -0.2) is 0 Å². The van der Waals surface area contributed by atoms with Gasteiger partial charge in [-0.1, -0.05) is 24.3 Å². The summed E-state index contributed by atoms with van der Waals surface area (Å²) in [6, 6.07) is 10.9. The molecule has 0 unspecified atom stereocenters. The Morgan fingerprint density at radius 3 is 1.75 bits per heavy atom. The quantitative estimate of drug-likeness (QED) is 0.766. The van der Waals surface area contributed by atoms with Crippen LogP contribution in [0.2, 0.25) is 0 Å². The van der Waals surface area contributed by atoms with E-state index in [0.29, 0.717) is 11.5 Å². The van der Waals surface area contributed by atoms with Gasteiger partial charge in [-0.3, -0.25) is 0 Å². The molecule has 0 aromatic heterocycles. The summed E-state index contributed by atoms with van der Waals surface area (Å²) >= 11 is 0. The number of ether oxygens (including phenoxy) is 2. The van der Waals surface area contributed by atoms with Crippen molar-refractivity contribution in [1.82, 2.24) is 0 Å². The van der Waals surface area contributed by atoms with Gasteiger partial charge in [0.2, 0.25) is 0 Å². The first-order valence-corrected chi connectivity index (χ1v) is 4.86. The highest BCUT2D eigenvalue weighted by molar-refractivity contribution is 5.93. The molecule has 2 N–H and O–H groups in total. The lowest BCUT2D eigenvalue weighted by atomic mass is 10.1. The number of hydrogen-bond donors (Lipinski definition) is 2. The number of hydrogen-bond acceptors (Lipinski definition) is 4. The molecule has 0 bridgehead atoms. The highest BCUT2D eigenvalue weighted by atomic mass is 16.6. The van der Waals surface area contributed by atoms with Gasteiger partial charge in [0.1, 0.15) is 11.5 Å². The third kappa shape index (κ3) is 1.93. The smallest absolute Gasteiger partial charge is 0.186 e. The molecule has 0 saturated heterocycles. The van der Waals surface area contributed by atoms with Crippen LogP contribution < -0.4 is 9.47 Å². The molecule has 4 nitrogen and oxygen atoms in total. The van der Waals surface area contributed by atoms with E-state index in [4.69, 9.17) is 19.7 Å². The Labute approximate surface area is 92.7 Å². The molecule has 0 heterocycles. The van der Waals surface area contributed by atoms with Gasteiger partial charge in [0.15, 0.2) is 13.6 Å². The Morgan fingerprint density at radius 1 is 0.812 bits per heavy atom. The molecule has 2 rings (SSSR count). The Bertz CT molecular complexity index is 441. The average molecular weight is 220 g/mol. The molecule has 0 spiro atoms. The van der Waals surface area contributed by atoms with Crippen molar-refractivity contribution in [2.24, 2.45) is 0 Å². The maximum Gasteiger partial charge on any atom is 0.186 e. The lowest BCUT2D eigenvalue weighted by Gasteiger charge is -2.11. The van der Waals surface area contributed by atoms with Crippen LogP contribution in [-0.4, -0.2) is 23.8 Å². The minimum atomic E-state index is -0.396. The Hall–Kier alpha value is -1.78. The topological polar surface area (TPSA) is 58.9 Å². The van der Waals surface area contributed by atoms with Crippen LogP contribution in [0.3, 0.4) is 0 Å². The summed E-state index contributed by atoms with van der Waals surface area (Å²) in [5.41, 5.74) is 0. The molecular weight excluding hydrogens is 208 g/mol. The van der Waals surface area contributed by atoms with Crippen LogP contribution in [0.25, 0.3) is 10.8 Å². The highest BCUT2D eigenvalue weighted by Crippen LogP contribution is 2.33. The largest absolute Gasteiger partial charge is 0.467 e. The van der Waals surface area contributed by atoms with Gasteiger partial charge < -0.3 is 19.7 Å². The summed E-state index contributed by atoms with van der Waals surface area (Å²) in [7, 11) is 0. The third-order valence-electron chi connectivity index (χ3n) is 2.27. The van der Waals surface area contributed by atoms with Crippen molar-refractivity contribution in [3.05, 3.63) is 36.4 Å².